The molecule has 1 aromatic rings. The van der Waals surface area contributed by atoms with Gasteiger partial charge in [-0.1, -0.05) is 6.07 Å². The van der Waals surface area contributed by atoms with Crippen molar-refractivity contribution in [2.45, 2.75) is 6.92 Å². The lowest BCUT2D eigenvalue weighted by Crippen LogP contribution is -2.10. The predicted molar refractivity (Wildman–Crippen MR) is 49.6 cm³/mol. The van der Waals surface area contributed by atoms with Crippen LogP contribution in [0.1, 0.15) is 5.56 Å². The summed E-state index contributed by atoms with van der Waals surface area (Å²) >= 11 is 0. The Hall–Kier alpha value is -1.10. The molecule has 0 amide bonds. The average Bonchev–Trinajstić information content (AvgIpc) is 1.93. The van der Waals surface area contributed by atoms with Gasteiger partial charge in [0.1, 0.15) is 5.82 Å². The molecule has 0 atom stereocenters. The van der Waals surface area contributed by atoms with Gasteiger partial charge in [-0.2, -0.15) is 0 Å². The standard InChI is InChI=1S/C8H10FNO2S/c1-6-3-4-8(7(9)5-6)10-13(2,11)12/h3-5,10H,1-2H3. The van der Waals surface area contributed by atoms with E-state index in [9.17, 15) is 12.8 Å². The minimum absolute atomic E-state index is 0.0203. The summed E-state index contributed by atoms with van der Waals surface area (Å²) in [6, 6.07) is 4.30. The number of nitrogens with one attached hydrogen (secondary N) is 1. The van der Waals surface area contributed by atoms with E-state index < -0.39 is 15.8 Å². The second-order valence-corrected chi connectivity index (χ2v) is 4.61. The zero-order valence-corrected chi connectivity index (χ0v) is 8.15. The number of anilines is 1. The van der Waals surface area contributed by atoms with Crippen LogP contribution in [0.15, 0.2) is 18.2 Å². The van der Waals surface area contributed by atoms with Gasteiger partial charge in [0.2, 0.25) is 10.0 Å². The van der Waals surface area contributed by atoms with Gasteiger partial charge < -0.3 is 0 Å². The lowest BCUT2D eigenvalue weighted by atomic mass is 10.2. The Bertz CT molecular complexity index is 414. The Kier molecular flexibility index (Phi) is 2.56. The van der Waals surface area contributed by atoms with Crippen LogP contribution >= 0.6 is 0 Å². The first kappa shape index (κ1) is 9.98. The van der Waals surface area contributed by atoms with Crippen LogP contribution in [0.25, 0.3) is 0 Å². The van der Waals surface area contributed by atoms with Crippen LogP contribution < -0.4 is 4.72 Å². The van der Waals surface area contributed by atoms with E-state index in [1.807, 2.05) is 0 Å². The Morgan fingerprint density at radius 3 is 2.46 bits per heavy atom. The zero-order chi connectivity index (χ0) is 10.1. The number of aryl methyl sites for hydroxylation is 1. The molecule has 0 unspecified atom stereocenters. The van der Waals surface area contributed by atoms with Gasteiger partial charge in [0, 0.05) is 0 Å². The Labute approximate surface area is 76.6 Å². The van der Waals surface area contributed by atoms with Gasteiger partial charge in [0.25, 0.3) is 0 Å². The van der Waals surface area contributed by atoms with Crippen molar-refractivity contribution in [2.75, 3.05) is 11.0 Å². The maximum Gasteiger partial charge on any atom is 0.229 e. The van der Waals surface area contributed by atoms with Gasteiger partial charge in [-0.25, -0.2) is 12.8 Å². The summed E-state index contributed by atoms with van der Waals surface area (Å²) in [6.45, 7) is 1.73. The molecule has 0 saturated carbocycles. The highest BCUT2D eigenvalue weighted by Gasteiger charge is 2.06. The van der Waals surface area contributed by atoms with E-state index in [0.717, 1.165) is 11.8 Å². The molecule has 0 radical (unpaired) electrons. The number of rotatable bonds is 2. The van der Waals surface area contributed by atoms with Crippen LogP contribution in [0.3, 0.4) is 0 Å². The normalized spacial score (nSPS) is 11.3. The molecule has 1 N–H and O–H groups in total. The summed E-state index contributed by atoms with van der Waals surface area (Å²) in [5, 5.41) is 0. The number of hydrogen-bond acceptors (Lipinski definition) is 2. The van der Waals surface area contributed by atoms with Crippen molar-refractivity contribution in [2.24, 2.45) is 0 Å². The molecule has 0 saturated heterocycles. The SMILES string of the molecule is Cc1ccc(NS(C)(=O)=O)c(F)c1. The fourth-order valence-electron chi connectivity index (χ4n) is 0.903. The van der Waals surface area contributed by atoms with Gasteiger partial charge in [0.15, 0.2) is 0 Å². The van der Waals surface area contributed by atoms with Gasteiger partial charge in [-0.05, 0) is 24.6 Å². The minimum Gasteiger partial charge on any atom is -0.281 e. The molecule has 5 heteroatoms. The maximum absolute atomic E-state index is 13.1. The highest BCUT2D eigenvalue weighted by Crippen LogP contribution is 2.15. The molecule has 3 nitrogen and oxygen atoms in total. The summed E-state index contributed by atoms with van der Waals surface area (Å²) < 4.78 is 36.6. The van der Waals surface area contributed by atoms with Crippen molar-refractivity contribution in [3.05, 3.63) is 29.6 Å². The first-order valence-electron chi connectivity index (χ1n) is 3.62. The topological polar surface area (TPSA) is 46.2 Å². The fourth-order valence-corrected chi connectivity index (χ4v) is 1.47. The van der Waals surface area contributed by atoms with E-state index in [4.69, 9.17) is 0 Å². The third-order valence-electron chi connectivity index (χ3n) is 1.42. The van der Waals surface area contributed by atoms with E-state index in [1.54, 1.807) is 13.0 Å². The Balaban J connectivity index is 3.04. The molecule has 0 aliphatic rings. The van der Waals surface area contributed by atoms with Crippen molar-refractivity contribution >= 4 is 15.7 Å². The molecule has 0 aliphatic carbocycles. The number of benzene rings is 1. The molecule has 0 bridgehead atoms. The van der Waals surface area contributed by atoms with Crippen molar-refractivity contribution in [1.29, 1.82) is 0 Å². The van der Waals surface area contributed by atoms with Crippen molar-refractivity contribution in [1.82, 2.24) is 0 Å². The molecule has 0 heterocycles. The Morgan fingerprint density at radius 2 is 2.00 bits per heavy atom. The molecular formula is C8H10FNO2S. The van der Waals surface area contributed by atoms with Gasteiger partial charge in [-0.3, -0.25) is 4.72 Å². The van der Waals surface area contributed by atoms with E-state index in [0.29, 0.717) is 0 Å². The smallest absolute Gasteiger partial charge is 0.229 e. The molecule has 1 rings (SSSR count). The molecule has 0 aromatic heterocycles. The minimum atomic E-state index is -3.40. The lowest BCUT2D eigenvalue weighted by Gasteiger charge is -2.04. The number of halogens is 1. The highest BCUT2D eigenvalue weighted by atomic mass is 32.2. The van der Waals surface area contributed by atoms with E-state index >= 15 is 0 Å². The van der Waals surface area contributed by atoms with E-state index in [1.165, 1.54) is 12.1 Å². The molecule has 0 spiro atoms. The summed E-state index contributed by atoms with van der Waals surface area (Å²) in [6.07, 6.45) is 0.978. The molecule has 1 aromatic carbocycles. The monoisotopic (exact) mass is 203 g/mol. The molecule has 13 heavy (non-hydrogen) atoms. The first-order valence-corrected chi connectivity index (χ1v) is 5.51. The van der Waals surface area contributed by atoms with Gasteiger partial charge in [0.05, 0.1) is 11.9 Å². The quantitative estimate of drug-likeness (QED) is 0.791. The van der Waals surface area contributed by atoms with Gasteiger partial charge >= 0.3 is 0 Å². The van der Waals surface area contributed by atoms with Crippen LogP contribution in [0.5, 0.6) is 0 Å². The summed E-state index contributed by atoms with van der Waals surface area (Å²) in [5.41, 5.74) is 0.727. The number of hydrogen-bond donors (Lipinski definition) is 1. The van der Waals surface area contributed by atoms with Crippen LogP contribution in [0, 0.1) is 12.7 Å². The van der Waals surface area contributed by atoms with Crippen molar-refractivity contribution in [3.8, 4) is 0 Å². The number of sulfonamides is 1. The average molecular weight is 203 g/mol. The first-order chi connectivity index (χ1) is 5.88. The maximum atomic E-state index is 13.1. The van der Waals surface area contributed by atoms with Crippen LogP contribution in [0.4, 0.5) is 10.1 Å². The van der Waals surface area contributed by atoms with Crippen LogP contribution in [-0.4, -0.2) is 14.7 Å². The highest BCUT2D eigenvalue weighted by molar-refractivity contribution is 7.92. The lowest BCUT2D eigenvalue weighted by molar-refractivity contribution is 0.603. The molecule has 0 fully saturated rings. The van der Waals surface area contributed by atoms with Crippen LogP contribution in [0.2, 0.25) is 0 Å². The molecule has 72 valence electrons. The van der Waals surface area contributed by atoms with Crippen molar-refractivity contribution < 1.29 is 12.8 Å². The largest absolute Gasteiger partial charge is 0.281 e. The third-order valence-corrected chi connectivity index (χ3v) is 2.01. The van der Waals surface area contributed by atoms with E-state index in [-0.39, 0.29) is 5.69 Å². The third kappa shape index (κ3) is 3.02. The fraction of sp³-hybridized carbons (Fsp3) is 0.250. The van der Waals surface area contributed by atoms with Crippen LogP contribution in [-0.2, 0) is 10.0 Å². The summed E-state index contributed by atoms with van der Waals surface area (Å²) in [4.78, 5) is 0. The summed E-state index contributed by atoms with van der Waals surface area (Å²) in [7, 11) is -3.40. The second kappa shape index (κ2) is 3.33. The molecular weight excluding hydrogens is 193 g/mol. The van der Waals surface area contributed by atoms with Gasteiger partial charge in [-0.15, -0.1) is 0 Å². The second-order valence-electron chi connectivity index (χ2n) is 2.86. The van der Waals surface area contributed by atoms with E-state index in [2.05, 4.69) is 4.72 Å². The van der Waals surface area contributed by atoms with Crippen molar-refractivity contribution in [3.63, 3.8) is 0 Å². The predicted octanol–water partition coefficient (Wildman–Crippen LogP) is 1.51. The molecule has 0 aliphatic heterocycles. The summed E-state index contributed by atoms with van der Waals surface area (Å²) in [5.74, 6) is -0.564. The Morgan fingerprint density at radius 1 is 1.38 bits per heavy atom. The zero-order valence-electron chi connectivity index (χ0n) is 7.33.